The van der Waals surface area contributed by atoms with Crippen LogP contribution in [-0.4, -0.2) is 53.8 Å². The molecule has 20 heavy (non-hydrogen) atoms. The van der Waals surface area contributed by atoms with Crippen LogP contribution < -0.4 is 0 Å². The maximum atomic E-state index is 12.3. The Morgan fingerprint density at radius 2 is 1.70 bits per heavy atom. The number of aromatic hydroxyl groups is 1. The van der Waals surface area contributed by atoms with Crippen molar-refractivity contribution in [3.63, 3.8) is 0 Å². The first-order chi connectivity index (χ1) is 9.35. The van der Waals surface area contributed by atoms with E-state index in [9.17, 15) is 18.3 Å². The van der Waals surface area contributed by atoms with E-state index < -0.39 is 12.7 Å². The highest BCUT2D eigenvalue weighted by Crippen LogP contribution is 2.24. The molecule has 0 radical (unpaired) electrons. The molecule has 112 valence electrons. The Morgan fingerprint density at radius 3 is 2.30 bits per heavy atom. The monoisotopic (exact) mass is 288 g/mol. The van der Waals surface area contributed by atoms with E-state index in [1.807, 2.05) is 25.1 Å². The third kappa shape index (κ3) is 4.11. The summed E-state index contributed by atoms with van der Waals surface area (Å²) in [6, 6.07) is 5.56. The molecule has 0 unspecified atom stereocenters. The molecule has 0 aliphatic carbocycles. The third-order valence-corrected chi connectivity index (χ3v) is 3.58. The van der Waals surface area contributed by atoms with Gasteiger partial charge in [0.1, 0.15) is 5.75 Å². The molecule has 1 fully saturated rings. The first-order valence-corrected chi connectivity index (χ1v) is 6.64. The number of aryl methyl sites for hydroxylation is 1. The van der Waals surface area contributed by atoms with Gasteiger partial charge < -0.3 is 5.11 Å². The van der Waals surface area contributed by atoms with Gasteiger partial charge in [-0.2, -0.15) is 13.2 Å². The molecular weight excluding hydrogens is 269 g/mol. The van der Waals surface area contributed by atoms with Crippen LogP contribution in [0.2, 0.25) is 0 Å². The van der Waals surface area contributed by atoms with E-state index in [4.69, 9.17) is 0 Å². The number of alkyl halides is 3. The molecule has 6 heteroatoms. The van der Waals surface area contributed by atoms with Crippen molar-refractivity contribution >= 4 is 0 Å². The third-order valence-electron chi connectivity index (χ3n) is 3.58. The van der Waals surface area contributed by atoms with Gasteiger partial charge in [-0.05, 0) is 12.5 Å². The quantitative estimate of drug-likeness (QED) is 0.925. The van der Waals surface area contributed by atoms with Crippen LogP contribution in [0.3, 0.4) is 0 Å². The zero-order chi connectivity index (χ0) is 14.8. The Balaban J connectivity index is 1.87. The number of hydrogen-bond acceptors (Lipinski definition) is 3. The Hall–Kier alpha value is -1.27. The average Bonchev–Trinajstić information content (AvgIpc) is 2.35. The van der Waals surface area contributed by atoms with E-state index in [2.05, 4.69) is 4.90 Å². The Labute approximate surface area is 116 Å². The van der Waals surface area contributed by atoms with Crippen molar-refractivity contribution in [3.8, 4) is 5.75 Å². The number of hydrogen-bond donors (Lipinski definition) is 1. The predicted octanol–water partition coefficient (Wildman–Crippen LogP) is 2.38. The van der Waals surface area contributed by atoms with Gasteiger partial charge in [0.15, 0.2) is 0 Å². The number of piperazine rings is 1. The van der Waals surface area contributed by atoms with Gasteiger partial charge in [0.2, 0.25) is 0 Å². The van der Waals surface area contributed by atoms with Crippen LogP contribution in [0.4, 0.5) is 13.2 Å². The Bertz CT molecular complexity index is 454. The van der Waals surface area contributed by atoms with Crippen molar-refractivity contribution < 1.29 is 18.3 Å². The maximum Gasteiger partial charge on any atom is 0.401 e. The summed E-state index contributed by atoms with van der Waals surface area (Å²) in [5, 5.41) is 9.95. The van der Waals surface area contributed by atoms with Crippen LogP contribution in [0, 0.1) is 6.92 Å². The molecule has 1 aromatic rings. The number of phenolic OH excluding ortho intramolecular Hbond substituents is 1. The molecule has 0 saturated carbocycles. The van der Waals surface area contributed by atoms with Crippen LogP contribution in [0.1, 0.15) is 11.1 Å². The van der Waals surface area contributed by atoms with E-state index in [1.165, 1.54) is 4.90 Å². The number of nitrogens with zero attached hydrogens (tertiary/aromatic N) is 2. The van der Waals surface area contributed by atoms with Crippen molar-refractivity contribution in [3.05, 3.63) is 29.3 Å². The lowest BCUT2D eigenvalue weighted by atomic mass is 10.1. The molecule has 2 rings (SSSR count). The first-order valence-electron chi connectivity index (χ1n) is 6.64. The van der Waals surface area contributed by atoms with Gasteiger partial charge >= 0.3 is 6.18 Å². The van der Waals surface area contributed by atoms with Gasteiger partial charge in [-0.3, -0.25) is 9.80 Å². The molecule has 3 nitrogen and oxygen atoms in total. The molecule has 1 aliphatic heterocycles. The molecule has 0 bridgehead atoms. The van der Waals surface area contributed by atoms with Crippen molar-refractivity contribution in [1.82, 2.24) is 9.80 Å². The molecular formula is C14H19F3N2O. The fraction of sp³-hybridized carbons (Fsp3) is 0.571. The second kappa shape index (κ2) is 6.01. The summed E-state index contributed by atoms with van der Waals surface area (Å²) >= 11 is 0. The van der Waals surface area contributed by atoms with Gasteiger partial charge in [-0.15, -0.1) is 0 Å². The molecule has 1 heterocycles. The van der Waals surface area contributed by atoms with Gasteiger partial charge in [-0.1, -0.05) is 18.2 Å². The summed E-state index contributed by atoms with van der Waals surface area (Å²) in [6.07, 6.45) is -4.13. The second-order valence-electron chi connectivity index (χ2n) is 5.25. The second-order valence-corrected chi connectivity index (χ2v) is 5.25. The number of rotatable bonds is 3. The van der Waals surface area contributed by atoms with Crippen molar-refractivity contribution in [2.45, 2.75) is 19.6 Å². The molecule has 0 amide bonds. The summed E-state index contributed by atoms with van der Waals surface area (Å²) in [7, 11) is 0. The lowest BCUT2D eigenvalue weighted by Gasteiger charge is -2.35. The highest BCUT2D eigenvalue weighted by Gasteiger charge is 2.32. The molecule has 0 atom stereocenters. The smallest absolute Gasteiger partial charge is 0.401 e. The molecule has 0 aromatic heterocycles. The van der Waals surface area contributed by atoms with Crippen LogP contribution in [0.5, 0.6) is 5.75 Å². The van der Waals surface area contributed by atoms with E-state index in [0.717, 1.165) is 11.1 Å². The van der Waals surface area contributed by atoms with E-state index in [0.29, 0.717) is 32.7 Å². The molecule has 0 spiro atoms. The lowest BCUT2D eigenvalue weighted by molar-refractivity contribution is -0.149. The summed E-state index contributed by atoms with van der Waals surface area (Å²) in [5.74, 6) is 0.283. The van der Waals surface area contributed by atoms with Crippen LogP contribution >= 0.6 is 0 Å². The number of benzene rings is 1. The normalized spacial score (nSPS) is 18.4. The lowest BCUT2D eigenvalue weighted by Crippen LogP contribution is -2.48. The van der Waals surface area contributed by atoms with Gasteiger partial charge in [-0.25, -0.2) is 0 Å². The Kier molecular flexibility index (Phi) is 4.55. The summed E-state index contributed by atoms with van der Waals surface area (Å²) in [4.78, 5) is 3.49. The molecule has 1 aromatic carbocycles. The van der Waals surface area contributed by atoms with Crippen molar-refractivity contribution in [1.29, 1.82) is 0 Å². The van der Waals surface area contributed by atoms with E-state index in [-0.39, 0.29) is 5.75 Å². The molecule has 1 aliphatic rings. The minimum atomic E-state index is -4.13. The van der Waals surface area contributed by atoms with Crippen molar-refractivity contribution in [2.75, 3.05) is 32.7 Å². The summed E-state index contributed by atoms with van der Waals surface area (Å²) in [5.41, 5.74) is 1.65. The highest BCUT2D eigenvalue weighted by atomic mass is 19.4. The minimum Gasteiger partial charge on any atom is -0.507 e. The largest absolute Gasteiger partial charge is 0.507 e. The SMILES string of the molecule is Cc1cccc(CN2CCN(CC(F)(F)F)CC2)c1O. The summed E-state index contributed by atoms with van der Waals surface area (Å²) < 4.78 is 36.9. The topological polar surface area (TPSA) is 26.7 Å². The predicted molar refractivity (Wildman–Crippen MR) is 70.6 cm³/mol. The maximum absolute atomic E-state index is 12.3. The zero-order valence-corrected chi connectivity index (χ0v) is 11.5. The number of para-hydroxylation sites is 1. The standard InChI is InChI=1S/C14H19F3N2O/c1-11-3-2-4-12(13(11)20)9-18-5-7-19(8-6-18)10-14(15,16)17/h2-4,20H,5-10H2,1H3. The van der Waals surface area contributed by atoms with Crippen molar-refractivity contribution in [2.24, 2.45) is 0 Å². The van der Waals surface area contributed by atoms with Crippen LogP contribution in [-0.2, 0) is 6.54 Å². The highest BCUT2D eigenvalue weighted by molar-refractivity contribution is 5.39. The number of halogens is 3. The average molecular weight is 288 g/mol. The van der Waals surface area contributed by atoms with E-state index >= 15 is 0 Å². The zero-order valence-electron chi connectivity index (χ0n) is 11.5. The van der Waals surface area contributed by atoms with Crippen LogP contribution in [0.25, 0.3) is 0 Å². The fourth-order valence-electron chi connectivity index (χ4n) is 2.45. The molecule has 1 N–H and O–H groups in total. The first kappa shape index (κ1) is 15.1. The summed E-state index contributed by atoms with van der Waals surface area (Å²) in [6.45, 7) is 3.56. The van der Waals surface area contributed by atoms with Crippen LogP contribution in [0.15, 0.2) is 18.2 Å². The van der Waals surface area contributed by atoms with Gasteiger partial charge in [0, 0.05) is 38.3 Å². The molecule has 1 saturated heterocycles. The minimum absolute atomic E-state index is 0.283. The van der Waals surface area contributed by atoms with Gasteiger partial charge in [0.05, 0.1) is 6.54 Å². The Morgan fingerprint density at radius 1 is 1.10 bits per heavy atom. The fourth-order valence-corrected chi connectivity index (χ4v) is 2.45. The van der Waals surface area contributed by atoms with Gasteiger partial charge in [0.25, 0.3) is 0 Å². The number of phenols is 1. The van der Waals surface area contributed by atoms with E-state index in [1.54, 1.807) is 0 Å².